The van der Waals surface area contributed by atoms with E-state index < -0.39 is 7.92 Å². The second-order valence-corrected chi connectivity index (χ2v) is 20.5. The van der Waals surface area contributed by atoms with Crippen molar-refractivity contribution < 1.29 is 4.74 Å². The largest absolute Gasteiger partial charge is 0.493 e. The molecule has 0 unspecified atom stereocenters. The van der Waals surface area contributed by atoms with E-state index in [2.05, 4.69) is 162 Å². The van der Waals surface area contributed by atoms with Crippen molar-refractivity contribution in [2.75, 3.05) is 6.61 Å². The lowest BCUT2D eigenvalue weighted by molar-refractivity contribution is 0.235. The van der Waals surface area contributed by atoms with Crippen LogP contribution in [-0.2, 0) is 33.5 Å². The molecule has 0 bridgehead atoms. The molecule has 0 saturated heterocycles. The van der Waals surface area contributed by atoms with E-state index in [9.17, 15) is 0 Å². The first kappa shape index (κ1) is 34.0. The van der Waals surface area contributed by atoms with Crippen molar-refractivity contribution in [3.63, 3.8) is 0 Å². The number of para-hydroxylation sites is 1. The van der Waals surface area contributed by atoms with Crippen LogP contribution in [0.5, 0.6) is 5.75 Å². The zero-order valence-corrected chi connectivity index (χ0v) is 32.1. The van der Waals surface area contributed by atoms with Crippen LogP contribution in [-0.4, -0.2) is 6.61 Å². The summed E-state index contributed by atoms with van der Waals surface area (Å²) in [7, 11) is -0.883. The van der Waals surface area contributed by atoms with Crippen molar-refractivity contribution >= 4 is 23.8 Å². The van der Waals surface area contributed by atoms with E-state index in [4.69, 9.17) is 4.74 Å². The van der Waals surface area contributed by atoms with Gasteiger partial charge in [0.25, 0.3) is 0 Å². The highest BCUT2D eigenvalue weighted by Gasteiger charge is 2.46. The summed E-state index contributed by atoms with van der Waals surface area (Å²) in [5.74, 6) is 1.07. The van der Waals surface area contributed by atoms with Crippen LogP contribution in [0.2, 0.25) is 0 Å². The maximum absolute atomic E-state index is 6.31. The van der Waals surface area contributed by atoms with Crippen molar-refractivity contribution in [1.82, 2.24) is 0 Å². The minimum Gasteiger partial charge on any atom is -0.493 e. The van der Waals surface area contributed by atoms with Crippen LogP contribution in [0.15, 0.2) is 78.9 Å². The molecule has 2 aliphatic rings. The third-order valence-electron chi connectivity index (χ3n) is 10.7. The van der Waals surface area contributed by atoms with E-state index >= 15 is 0 Å². The number of benzene rings is 4. The molecule has 0 amide bonds. The van der Waals surface area contributed by atoms with Gasteiger partial charge in [-0.1, -0.05) is 156 Å². The lowest BCUT2D eigenvalue weighted by atomic mass is 9.71. The predicted octanol–water partition coefficient (Wildman–Crippen LogP) is 10.6. The highest BCUT2D eigenvalue weighted by Crippen LogP contribution is 2.54. The van der Waals surface area contributed by atoms with Crippen molar-refractivity contribution in [2.45, 2.75) is 129 Å². The molecule has 2 heteroatoms. The molecule has 1 aliphatic heterocycles. The van der Waals surface area contributed by atoms with Crippen molar-refractivity contribution in [3.8, 4) is 5.75 Å². The maximum Gasteiger partial charge on any atom is 0.123 e. The lowest BCUT2D eigenvalue weighted by Crippen LogP contribution is -2.37. The van der Waals surface area contributed by atoms with E-state index in [0.29, 0.717) is 0 Å². The van der Waals surface area contributed by atoms with E-state index in [1.807, 2.05) is 0 Å². The Morgan fingerprint density at radius 3 is 1.53 bits per heavy atom. The summed E-state index contributed by atoms with van der Waals surface area (Å²) in [6, 6.07) is 31.4. The second-order valence-electron chi connectivity index (χ2n) is 18.4. The van der Waals surface area contributed by atoms with Gasteiger partial charge in [0.2, 0.25) is 0 Å². The first-order valence-corrected chi connectivity index (χ1v) is 19.1. The summed E-state index contributed by atoms with van der Waals surface area (Å²) in [5, 5.41) is 4.47. The Bertz CT molecular complexity index is 1660. The van der Waals surface area contributed by atoms with Crippen LogP contribution in [0.25, 0.3) is 0 Å². The highest BCUT2D eigenvalue weighted by molar-refractivity contribution is 7.80. The third kappa shape index (κ3) is 6.35. The van der Waals surface area contributed by atoms with Gasteiger partial charge >= 0.3 is 0 Å². The summed E-state index contributed by atoms with van der Waals surface area (Å²) >= 11 is 0. The Morgan fingerprint density at radius 2 is 1.04 bits per heavy atom. The van der Waals surface area contributed by atoms with E-state index in [1.165, 1.54) is 49.3 Å². The molecule has 0 fully saturated rings. The predicted molar refractivity (Wildman–Crippen MR) is 206 cm³/mol. The third-order valence-corrected chi connectivity index (χ3v) is 13.1. The Hall–Kier alpha value is -2.89. The SMILES string of the molecule is CC(C)(C)c1cc(P(c2cc(C(C)(C)C)cc(C(C)(C)C)c2)c2cccc3c2[C@@]2(CCOc4ccccc42)CC3)cc(C(C)(C)C)c1. The summed E-state index contributed by atoms with van der Waals surface area (Å²) < 4.78 is 6.31. The standard InChI is InChI=1S/C45H57OP/c1-41(2,3)31-24-32(42(4,5)6)27-35(26-31)47(36-28-33(43(7,8)9)25-34(29-36)44(10,11)12)39-19-15-16-30-20-21-45(40(30)39)22-23-46-38-18-14-13-17-37(38)45/h13-19,24-29H,20-23H2,1-12H3/t45-/m1/s1. The average molecular weight is 645 g/mol. The molecule has 1 spiro atoms. The molecular weight excluding hydrogens is 587 g/mol. The van der Waals surface area contributed by atoms with E-state index in [0.717, 1.165) is 31.6 Å². The fourth-order valence-corrected chi connectivity index (χ4v) is 10.4. The molecule has 248 valence electrons. The molecule has 1 atom stereocenters. The van der Waals surface area contributed by atoms with Crippen molar-refractivity contribution in [3.05, 3.63) is 118 Å². The second kappa shape index (κ2) is 11.6. The first-order chi connectivity index (χ1) is 21.8. The highest BCUT2D eigenvalue weighted by atomic mass is 31.1. The molecule has 1 aliphatic carbocycles. The van der Waals surface area contributed by atoms with Crippen LogP contribution in [0.1, 0.15) is 135 Å². The van der Waals surface area contributed by atoms with Gasteiger partial charge < -0.3 is 4.74 Å². The molecule has 47 heavy (non-hydrogen) atoms. The molecule has 6 rings (SSSR count). The molecule has 4 aromatic carbocycles. The average Bonchev–Trinajstić information content (AvgIpc) is 3.35. The Balaban J connectivity index is 1.73. The van der Waals surface area contributed by atoms with Crippen LogP contribution >= 0.6 is 7.92 Å². The van der Waals surface area contributed by atoms with Gasteiger partial charge in [0.05, 0.1) is 6.61 Å². The molecule has 4 aromatic rings. The van der Waals surface area contributed by atoms with Crippen LogP contribution in [0, 0.1) is 0 Å². The minimum atomic E-state index is -0.883. The smallest absolute Gasteiger partial charge is 0.123 e. The van der Waals surface area contributed by atoms with Gasteiger partial charge in [-0.15, -0.1) is 0 Å². The fraction of sp³-hybridized carbons (Fsp3) is 0.467. The number of aryl methyl sites for hydroxylation is 1. The minimum absolute atomic E-state index is 0.0235. The van der Waals surface area contributed by atoms with Gasteiger partial charge in [0.15, 0.2) is 0 Å². The van der Waals surface area contributed by atoms with E-state index in [-0.39, 0.29) is 27.1 Å². The number of rotatable bonds is 3. The first-order valence-electron chi connectivity index (χ1n) is 17.8. The van der Waals surface area contributed by atoms with Gasteiger partial charge in [-0.2, -0.15) is 0 Å². The molecule has 1 heterocycles. The van der Waals surface area contributed by atoms with Gasteiger partial charge in [0.1, 0.15) is 5.75 Å². The number of hydrogen-bond acceptors (Lipinski definition) is 1. The fourth-order valence-electron chi connectivity index (χ4n) is 7.62. The van der Waals surface area contributed by atoms with Crippen LogP contribution in [0.4, 0.5) is 0 Å². The van der Waals surface area contributed by atoms with Crippen molar-refractivity contribution in [1.29, 1.82) is 0 Å². The van der Waals surface area contributed by atoms with Crippen LogP contribution in [0.3, 0.4) is 0 Å². The lowest BCUT2D eigenvalue weighted by Gasteiger charge is -2.39. The van der Waals surface area contributed by atoms with Gasteiger partial charge in [0, 0.05) is 11.0 Å². The normalized spacial score (nSPS) is 18.3. The van der Waals surface area contributed by atoms with Gasteiger partial charge in [-0.25, -0.2) is 0 Å². The summed E-state index contributed by atoms with van der Waals surface area (Å²) in [5.41, 5.74) is 10.3. The Morgan fingerprint density at radius 1 is 0.553 bits per heavy atom. The summed E-state index contributed by atoms with van der Waals surface area (Å²) in [6.07, 6.45) is 3.29. The molecule has 0 N–H and O–H groups in total. The molecule has 0 saturated carbocycles. The Labute approximate surface area is 287 Å². The Kier molecular flexibility index (Phi) is 8.40. The molecule has 1 nitrogen and oxygen atoms in total. The molecular formula is C45H57OP. The van der Waals surface area contributed by atoms with Gasteiger partial charge in [-0.3, -0.25) is 0 Å². The zero-order chi connectivity index (χ0) is 34.2. The zero-order valence-electron chi connectivity index (χ0n) is 31.2. The summed E-state index contributed by atoms with van der Waals surface area (Å²) in [6.45, 7) is 29.2. The van der Waals surface area contributed by atoms with Gasteiger partial charge in [-0.05, 0) is 104 Å². The van der Waals surface area contributed by atoms with Crippen molar-refractivity contribution in [2.24, 2.45) is 0 Å². The van der Waals surface area contributed by atoms with Crippen LogP contribution < -0.4 is 20.7 Å². The monoisotopic (exact) mass is 644 g/mol. The topological polar surface area (TPSA) is 9.23 Å². The number of fused-ring (bicyclic) bond motifs is 4. The molecule has 0 radical (unpaired) electrons. The summed E-state index contributed by atoms with van der Waals surface area (Å²) in [4.78, 5) is 0. The number of ether oxygens (including phenoxy) is 1. The molecule has 0 aromatic heterocycles. The maximum atomic E-state index is 6.31. The van der Waals surface area contributed by atoms with E-state index in [1.54, 1.807) is 5.56 Å². The number of hydrogen-bond donors (Lipinski definition) is 0. The quantitative estimate of drug-likeness (QED) is 0.202.